The van der Waals surface area contributed by atoms with E-state index in [1.807, 2.05) is 0 Å². The highest BCUT2D eigenvalue weighted by atomic mass is 19.3. The fourth-order valence-electron chi connectivity index (χ4n) is 1.87. The molecular weight excluding hydrogens is 318 g/mol. The maximum Gasteiger partial charge on any atom is 0.276 e. The molecule has 24 heavy (non-hydrogen) atoms. The van der Waals surface area contributed by atoms with Gasteiger partial charge in [-0.25, -0.2) is 18.7 Å². The summed E-state index contributed by atoms with van der Waals surface area (Å²) < 4.78 is 24.5. The number of hydrogen-bond acceptors (Lipinski definition) is 6. The average molecular weight is 334 g/mol. The van der Waals surface area contributed by atoms with Gasteiger partial charge >= 0.3 is 0 Å². The third-order valence-corrected chi connectivity index (χ3v) is 3.19. The summed E-state index contributed by atoms with van der Waals surface area (Å²) >= 11 is 0. The minimum Gasteiger partial charge on any atom is -0.382 e. The van der Waals surface area contributed by atoms with Gasteiger partial charge < -0.3 is 11.1 Å². The molecule has 0 atom stereocenters. The summed E-state index contributed by atoms with van der Waals surface area (Å²) in [5.41, 5.74) is 7.12. The van der Waals surface area contributed by atoms with Crippen molar-refractivity contribution in [3.8, 4) is 0 Å². The lowest BCUT2D eigenvalue weighted by molar-refractivity contribution is 0.0951. The number of halogens is 2. The Balaban J connectivity index is 1.94. The number of aliphatic imine (C=N–C) groups is 2. The molecule has 0 saturated carbocycles. The maximum absolute atomic E-state index is 12.3. The van der Waals surface area contributed by atoms with Gasteiger partial charge in [0.25, 0.3) is 12.3 Å². The number of rotatable bonds is 6. The number of alkyl halides is 2. The zero-order chi connectivity index (χ0) is 17.7. The van der Waals surface area contributed by atoms with E-state index in [-0.39, 0.29) is 30.3 Å². The smallest absolute Gasteiger partial charge is 0.276 e. The van der Waals surface area contributed by atoms with Gasteiger partial charge in [0, 0.05) is 18.3 Å². The zero-order valence-electron chi connectivity index (χ0n) is 13.0. The summed E-state index contributed by atoms with van der Waals surface area (Å²) in [7, 11) is 0. The molecule has 3 N–H and O–H groups in total. The number of carbonyl (C=O) groups excluding carboxylic acids is 1. The molecule has 0 unspecified atom stereocenters. The SMILES string of the molecule is C=C(/C=C\N=C(C)C(F)F)CNC(=O)c1ncnc2c1CN=C2N. The molecule has 1 amide bonds. The van der Waals surface area contributed by atoms with E-state index in [4.69, 9.17) is 5.73 Å². The maximum atomic E-state index is 12.3. The quantitative estimate of drug-likeness (QED) is 0.602. The minimum atomic E-state index is -2.60. The van der Waals surface area contributed by atoms with Gasteiger partial charge in [0.05, 0.1) is 12.3 Å². The second-order valence-corrected chi connectivity index (χ2v) is 4.98. The van der Waals surface area contributed by atoms with Crippen molar-refractivity contribution in [2.75, 3.05) is 6.54 Å². The Bertz CT molecular complexity index is 754. The topological polar surface area (TPSA) is 106 Å². The number of nitrogens with one attached hydrogen (secondary N) is 1. The van der Waals surface area contributed by atoms with Crippen molar-refractivity contribution in [1.82, 2.24) is 15.3 Å². The predicted molar refractivity (Wildman–Crippen MR) is 86.2 cm³/mol. The number of amidine groups is 1. The van der Waals surface area contributed by atoms with Gasteiger partial charge in [-0.3, -0.25) is 14.8 Å². The number of hydrogen-bond donors (Lipinski definition) is 2. The highest BCUT2D eigenvalue weighted by molar-refractivity contribution is 6.03. The van der Waals surface area contributed by atoms with Crippen LogP contribution in [0.4, 0.5) is 8.78 Å². The van der Waals surface area contributed by atoms with Crippen molar-refractivity contribution < 1.29 is 13.6 Å². The third-order valence-electron chi connectivity index (χ3n) is 3.19. The van der Waals surface area contributed by atoms with E-state index in [1.54, 1.807) is 0 Å². The number of fused-ring (bicyclic) bond motifs is 1. The molecule has 1 aliphatic rings. The number of aromatic nitrogens is 2. The largest absolute Gasteiger partial charge is 0.382 e. The first kappa shape index (κ1) is 17.4. The summed E-state index contributed by atoms with van der Waals surface area (Å²) in [6.45, 7) is 5.31. The lowest BCUT2D eigenvalue weighted by Crippen LogP contribution is -2.28. The molecule has 0 spiro atoms. The zero-order valence-corrected chi connectivity index (χ0v) is 13.0. The molecule has 0 aliphatic carbocycles. The number of amides is 1. The molecule has 0 radical (unpaired) electrons. The van der Waals surface area contributed by atoms with Crippen LogP contribution in [0, 0.1) is 0 Å². The molecule has 0 bridgehead atoms. The van der Waals surface area contributed by atoms with E-state index < -0.39 is 12.3 Å². The molecular formula is C15H16F2N6O. The number of nitrogens with two attached hydrogens (primary N) is 1. The van der Waals surface area contributed by atoms with Gasteiger partial charge in [0.1, 0.15) is 23.6 Å². The average Bonchev–Trinajstić information content (AvgIpc) is 2.94. The van der Waals surface area contributed by atoms with E-state index in [9.17, 15) is 13.6 Å². The van der Waals surface area contributed by atoms with Crippen molar-refractivity contribution in [2.45, 2.75) is 19.9 Å². The van der Waals surface area contributed by atoms with Crippen LogP contribution >= 0.6 is 0 Å². The Hall–Kier alpha value is -2.97. The molecule has 0 aromatic carbocycles. The van der Waals surface area contributed by atoms with Crippen molar-refractivity contribution >= 4 is 17.5 Å². The Kier molecular flexibility index (Phi) is 5.46. The van der Waals surface area contributed by atoms with Gasteiger partial charge in [-0.05, 0) is 18.6 Å². The Morgan fingerprint density at radius 1 is 1.54 bits per heavy atom. The standard InChI is InChI=1S/C15H16F2N6O/c1-8(3-4-19-9(2)13(16)17)5-21-15(24)12-10-6-20-14(18)11(10)22-7-23-12/h3-4,7,13H,1,5-6H2,2H3,(H2,18,20)(H,21,24)/b4-3-,19-9?. The molecule has 0 saturated heterocycles. The molecule has 1 aromatic heterocycles. The van der Waals surface area contributed by atoms with Crippen molar-refractivity contribution in [1.29, 1.82) is 0 Å². The van der Waals surface area contributed by atoms with Crippen LogP contribution in [-0.4, -0.2) is 40.4 Å². The lowest BCUT2D eigenvalue weighted by Gasteiger charge is -2.07. The van der Waals surface area contributed by atoms with Crippen LogP contribution in [0.25, 0.3) is 0 Å². The normalized spacial score (nSPS) is 14.0. The Morgan fingerprint density at radius 2 is 2.29 bits per heavy atom. The van der Waals surface area contributed by atoms with Crippen LogP contribution in [0.2, 0.25) is 0 Å². The molecule has 2 rings (SSSR count). The summed E-state index contributed by atoms with van der Waals surface area (Å²) in [6, 6.07) is 0. The van der Waals surface area contributed by atoms with Gasteiger partial charge in [-0.1, -0.05) is 6.58 Å². The minimum absolute atomic E-state index is 0.119. The van der Waals surface area contributed by atoms with E-state index in [0.29, 0.717) is 16.8 Å². The molecule has 1 aromatic rings. The van der Waals surface area contributed by atoms with Gasteiger partial charge in [-0.2, -0.15) is 0 Å². The van der Waals surface area contributed by atoms with E-state index in [0.717, 1.165) is 0 Å². The van der Waals surface area contributed by atoms with Crippen LogP contribution in [0.3, 0.4) is 0 Å². The molecule has 126 valence electrons. The second kappa shape index (κ2) is 7.53. The fourth-order valence-corrected chi connectivity index (χ4v) is 1.87. The first-order valence-corrected chi connectivity index (χ1v) is 6.99. The summed E-state index contributed by atoms with van der Waals surface area (Å²) in [5, 5.41) is 2.64. The van der Waals surface area contributed by atoms with E-state index >= 15 is 0 Å². The molecule has 7 nitrogen and oxygen atoms in total. The van der Waals surface area contributed by atoms with E-state index in [2.05, 4.69) is 31.8 Å². The van der Waals surface area contributed by atoms with Crippen LogP contribution in [0.5, 0.6) is 0 Å². The number of carbonyl (C=O) groups is 1. The fraction of sp³-hybridized carbons (Fsp3) is 0.267. The molecule has 2 heterocycles. The molecule has 9 heteroatoms. The van der Waals surface area contributed by atoms with Gasteiger partial charge in [-0.15, -0.1) is 0 Å². The monoisotopic (exact) mass is 334 g/mol. The third kappa shape index (κ3) is 4.06. The lowest BCUT2D eigenvalue weighted by atomic mass is 10.1. The first-order valence-electron chi connectivity index (χ1n) is 6.99. The van der Waals surface area contributed by atoms with Crippen LogP contribution in [0.1, 0.15) is 28.7 Å². The number of nitrogens with zero attached hydrogens (tertiary/aromatic N) is 4. The Morgan fingerprint density at radius 3 is 3.00 bits per heavy atom. The summed E-state index contributed by atoms with van der Waals surface area (Å²) in [6.07, 6.45) is 1.31. The highest BCUT2D eigenvalue weighted by Crippen LogP contribution is 2.17. The molecule has 1 aliphatic heterocycles. The van der Waals surface area contributed by atoms with Crippen molar-refractivity contribution in [3.63, 3.8) is 0 Å². The summed E-state index contributed by atoms with van der Waals surface area (Å²) in [4.78, 5) is 27.8. The molecule has 0 fully saturated rings. The van der Waals surface area contributed by atoms with Crippen LogP contribution in [-0.2, 0) is 6.54 Å². The van der Waals surface area contributed by atoms with Crippen LogP contribution in [0.15, 0.2) is 40.7 Å². The van der Waals surface area contributed by atoms with Gasteiger partial charge in [0.15, 0.2) is 0 Å². The van der Waals surface area contributed by atoms with Crippen LogP contribution < -0.4 is 11.1 Å². The predicted octanol–water partition coefficient (Wildman–Crippen LogP) is 1.22. The van der Waals surface area contributed by atoms with Gasteiger partial charge in [0.2, 0.25) is 0 Å². The Labute approximate surface area is 137 Å². The van der Waals surface area contributed by atoms with Crippen molar-refractivity contribution in [2.24, 2.45) is 15.7 Å². The highest BCUT2D eigenvalue weighted by Gasteiger charge is 2.22. The summed E-state index contributed by atoms with van der Waals surface area (Å²) in [5.74, 6) is -0.138. The second-order valence-electron chi connectivity index (χ2n) is 4.98. The first-order chi connectivity index (χ1) is 11.4. The van der Waals surface area contributed by atoms with E-state index in [1.165, 1.54) is 25.5 Å². The van der Waals surface area contributed by atoms with Crippen molar-refractivity contribution in [3.05, 3.63) is 47.7 Å².